The number of alkyl halides is 3. The lowest BCUT2D eigenvalue weighted by Gasteiger charge is -2.14. The van der Waals surface area contributed by atoms with Gasteiger partial charge in [0.1, 0.15) is 5.75 Å². The van der Waals surface area contributed by atoms with E-state index in [1.807, 2.05) is 0 Å². The summed E-state index contributed by atoms with van der Waals surface area (Å²) in [5.74, 6) is -1.38. The molecule has 0 aromatic carbocycles. The van der Waals surface area contributed by atoms with Gasteiger partial charge in [-0.15, -0.1) is 13.2 Å². The molecule has 1 heterocycles. The molecule has 100 valence electrons. The Morgan fingerprint density at radius 2 is 2.11 bits per heavy atom. The summed E-state index contributed by atoms with van der Waals surface area (Å²) in [6.45, 7) is 1.25. The highest BCUT2D eigenvalue weighted by atomic mass is 19.4. The highest BCUT2D eigenvalue weighted by Crippen LogP contribution is 2.28. The Labute approximate surface area is 101 Å². The Morgan fingerprint density at radius 3 is 2.56 bits per heavy atom. The number of hydrogen-bond donors (Lipinski definition) is 1. The van der Waals surface area contributed by atoms with Gasteiger partial charge in [0.05, 0.1) is 12.8 Å². The first kappa shape index (κ1) is 14.2. The predicted molar refractivity (Wildman–Crippen MR) is 54.9 cm³/mol. The van der Waals surface area contributed by atoms with Crippen molar-refractivity contribution in [3.8, 4) is 5.75 Å². The van der Waals surface area contributed by atoms with Crippen LogP contribution in [0.25, 0.3) is 0 Å². The van der Waals surface area contributed by atoms with Crippen LogP contribution in [0.15, 0.2) is 6.07 Å². The van der Waals surface area contributed by atoms with Gasteiger partial charge in [-0.25, -0.2) is 9.78 Å². The largest absolute Gasteiger partial charge is 0.573 e. The van der Waals surface area contributed by atoms with E-state index in [2.05, 4.69) is 14.5 Å². The van der Waals surface area contributed by atoms with E-state index in [0.29, 0.717) is 0 Å². The van der Waals surface area contributed by atoms with E-state index in [0.717, 1.165) is 13.2 Å². The molecule has 0 radical (unpaired) electrons. The van der Waals surface area contributed by atoms with Crippen molar-refractivity contribution in [1.82, 2.24) is 4.98 Å². The first-order valence-electron chi connectivity index (χ1n) is 4.83. The highest BCUT2D eigenvalue weighted by molar-refractivity contribution is 5.87. The van der Waals surface area contributed by atoms with Gasteiger partial charge in [0.15, 0.2) is 5.69 Å². The van der Waals surface area contributed by atoms with Gasteiger partial charge < -0.3 is 15.2 Å². The molecule has 0 unspecified atom stereocenters. The smallest absolute Gasteiger partial charge is 0.464 e. The number of aromatic nitrogens is 1. The molecule has 0 amide bonds. The minimum absolute atomic E-state index is 0.120. The van der Waals surface area contributed by atoms with Crippen LogP contribution in [0.2, 0.25) is 0 Å². The Bertz CT molecular complexity index is 460. The van der Waals surface area contributed by atoms with Gasteiger partial charge in [0.25, 0.3) is 0 Å². The third kappa shape index (κ3) is 3.33. The fourth-order valence-electron chi connectivity index (χ4n) is 1.27. The molecule has 1 aromatic rings. The van der Waals surface area contributed by atoms with E-state index >= 15 is 0 Å². The molecular weight excluding hydrogens is 253 g/mol. The Morgan fingerprint density at radius 1 is 1.50 bits per heavy atom. The number of esters is 1. The average Bonchev–Trinajstić information content (AvgIpc) is 2.29. The minimum Gasteiger partial charge on any atom is -0.464 e. The molecule has 2 N–H and O–H groups in total. The number of pyridine rings is 1. The molecular formula is C10H11F3N2O3. The second-order valence-corrected chi connectivity index (χ2v) is 3.32. The van der Waals surface area contributed by atoms with Crippen molar-refractivity contribution in [3.05, 3.63) is 23.0 Å². The van der Waals surface area contributed by atoms with Gasteiger partial charge in [0, 0.05) is 18.2 Å². The van der Waals surface area contributed by atoms with Gasteiger partial charge >= 0.3 is 12.3 Å². The fraction of sp³-hybridized carbons (Fsp3) is 0.400. The molecule has 0 saturated heterocycles. The van der Waals surface area contributed by atoms with Crippen molar-refractivity contribution >= 4 is 5.97 Å². The molecule has 18 heavy (non-hydrogen) atoms. The third-order valence-electron chi connectivity index (χ3n) is 2.14. The average molecular weight is 264 g/mol. The summed E-state index contributed by atoms with van der Waals surface area (Å²) in [6, 6.07) is 0.869. The number of nitrogens with zero attached hydrogens (tertiary/aromatic N) is 1. The van der Waals surface area contributed by atoms with E-state index in [9.17, 15) is 18.0 Å². The van der Waals surface area contributed by atoms with Crippen molar-refractivity contribution in [1.29, 1.82) is 0 Å². The maximum atomic E-state index is 12.2. The quantitative estimate of drug-likeness (QED) is 0.838. The van der Waals surface area contributed by atoms with Crippen LogP contribution in [0.4, 0.5) is 13.2 Å². The molecule has 1 rings (SSSR count). The molecule has 0 aliphatic rings. The van der Waals surface area contributed by atoms with Crippen molar-refractivity contribution in [3.63, 3.8) is 0 Å². The standard InChI is InChI=1S/C10H11F3N2O3/c1-5-7(4-14)15-6(9(16)17-2)3-8(5)18-10(11,12)13/h3H,4,14H2,1-2H3. The molecule has 0 saturated carbocycles. The summed E-state index contributed by atoms with van der Waals surface area (Å²) >= 11 is 0. The Balaban J connectivity index is 3.27. The van der Waals surface area contributed by atoms with Gasteiger partial charge in [-0.1, -0.05) is 0 Å². The van der Waals surface area contributed by atoms with Crippen LogP contribution < -0.4 is 10.5 Å². The normalized spacial score (nSPS) is 11.2. The van der Waals surface area contributed by atoms with Crippen LogP contribution in [-0.2, 0) is 11.3 Å². The van der Waals surface area contributed by atoms with E-state index < -0.39 is 18.1 Å². The number of hydrogen-bond acceptors (Lipinski definition) is 5. The van der Waals surface area contributed by atoms with Crippen molar-refractivity contribution in [2.24, 2.45) is 5.73 Å². The second-order valence-electron chi connectivity index (χ2n) is 3.32. The van der Waals surface area contributed by atoms with Crippen LogP contribution >= 0.6 is 0 Å². The molecule has 0 spiro atoms. The third-order valence-corrected chi connectivity index (χ3v) is 2.14. The van der Waals surface area contributed by atoms with Gasteiger partial charge in [-0.05, 0) is 6.92 Å². The molecule has 0 atom stereocenters. The Kier molecular flexibility index (Phi) is 4.12. The van der Waals surface area contributed by atoms with Gasteiger partial charge in [-0.3, -0.25) is 0 Å². The van der Waals surface area contributed by atoms with Crippen LogP contribution in [0.5, 0.6) is 5.75 Å². The molecule has 0 fully saturated rings. The number of ether oxygens (including phenoxy) is 2. The van der Waals surface area contributed by atoms with Gasteiger partial charge in [-0.2, -0.15) is 0 Å². The number of nitrogens with two attached hydrogens (primary N) is 1. The molecule has 0 aliphatic heterocycles. The first-order valence-corrected chi connectivity index (χ1v) is 4.83. The summed E-state index contributed by atoms with van der Waals surface area (Å²) in [7, 11) is 1.09. The van der Waals surface area contributed by atoms with Crippen molar-refractivity contribution < 1.29 is 27.4 Å². The van der Waals surface area contributed by atoms with E-state index in [1.165, 1.54) is 6.92 Å². The van der Waals surface area contributed by atoms with Gasteiger partial charge in [0.2, 0.25) is 0 Å². The number of carbonyl (C=O) groups excluding carboxylic acids is 1. The van der Waals surface area contributed by atoms with E-state index in [1.54, 1.807) is 0 Å². The zero-order valence-corrected chi connectivity index (χ0v) is 9.67. The highest BCUT2D eigenvalue weighted by Gasteiger charge is 2.32. The maximum absolute atomic E-state index is 12.2. The minimum atomic E-state index is -4.86. The Hall–Kier alpha value is -1.83. The summed E-state index contributed by atoms with van der Waals surface area (Å²) in [5, 5.41) is 0. The fourth-order valence-corrected chi connectivity index (χ4v) is 1.27. The monoisotopic (exact) mass is 264 g/mol. The summed E-state index contributed by atoms with van der Waals surface area (Å²) < 4.78 is 44.7. The summed E-state index contributed by atoms with van der Waals surface area (Å²) in [4.78, 5) is 15.1. The lowest BCUT2D eigenvalue weighted by molar-refractivity contribution is -0.274. The van der Waals surface area contributed by atoms with Crippen molar-refractivity contribution in [2.75, 3.05) is 7.11 Å². The van der Waals surface area contributed by atoms with Crippen LogP contribution in [0.1, 0.15) is 21.7 Å². The number of halogens is 3. The lowest BCUT2D eigenvalue weighted by atomic mass is 10.1. The van der Waals surface area contributed by atoms with Crippen LogP contribution in [0.3, 0.4) is 0 Å². The van der Waals surface area contributed by atoms with E-state index in [-0.39, 0.29) is 23.5 Å². The number of rotatable bonds is 3. The van der Waals surface area contributed by atoms with E-state index in [4.69, 9.17) is 5.73 Å². The maximum Gasteiger partial charge on any atom is 0.573 e. The lowest BCUT2D eigenvalue weighted by Crippen LogP contribution is -2.20. The number of carbonyl (C=O) groups is 1. The molecule has 1 aromatic heterocycles. The number of methoxy groups -OCH3 is 1. The second kappa shape index (κ2) is 5.21. The first-order chi connectivity index (χ1) is 8.28. The molecule has 0 aliphatic carbocycles. The van der Waals surface area contributed by atoms with Crippen molar-refractivity contribution in [2.45, 2.75) is 19.8 Å². The van der Waals surface area contributed by atoms with Crippen LogP contribution in [0, 0.1) is 6.92 Å². The molecule has 8 heteroatoms. The summed E-state index contributed by atoms with van der Waals surface area (Å²) in [6.07, 6.45) is -4.86. The summed E-state index contributed by atoms with van der Waals surface area (Å²) in [5.41, 5.74) is 5.32. The predicted octanol–water partition coefficient (Wildman–Crippen LogP) is 1.53. The van der Waals surface area contributed by atoms with Crippen LogP contribution in [-0.4, -0.2) is 24.4 Å². The molecule has 5 nitrogen and oxygen atoms in total. The SMILES string of the molecule is COC(=O)c1cc(OC(F)(F)F)c(C)c(CN)n1. The zero-order valence-electron chi connectivity index (χ0n) is 9.67. The topological polar surface area (TPSA) is 74.4 Å². The molecule has 0 bridgehead atoms. The zero-order chi connectivity index (χ0) is 13.9.